The van der Waals surface area contributed by atoms with Crippen molar-refractivity contribution in [2.45, 2.75) is 12.3 Å². The topological polar surface area (TPSA) is 21.3 Å². The zero-order valence-corrected chi connectivity index (χ0v) is 12.2. The van der Waals surface area contributed by atoms with E-state index in [-0.39, 0.29) is 0 Å². The molecule has 3 rings (SSSR count). The number of nitrogens with one attached hydrogen (secondary N) is 1. The minimum absolute atomic E-state index is 0.654. The molecule has 2 nitrogen and oxygen atoms in total. The number of hydrogen-bond donors (Lipinski definition) is 1. The SMILES string of the molecule is Brc1ccc(Oc2ccc(C3CCNC3)cc2)cc1. The third-order valence-corrected chi connectivity index (χ3v) is 3.99. The quantitative estimate of drug-likeness (QED) is 0.910. The Balaban J connectivity index is 1.70. The van der Waals surface area contributed by atoms with E-state index < -0.39 is 0 Å². The molecule has 1 N–H and O–H groups in total. The fourth-order valence-corrected chi connectivity index (χ4v) is 2.65. The zero-order valence-electron chi connectivity index (χ0n) is 10.6. The highest BCUT2D eigenvalue weighted by molar-refractivity contribution is 9.10. The molecule has 19 heavy (non-hydrogen) atoms. The molecule has 0 bridgehead atoms. The predicted molar refractivity (Wildman–Crippen MR) is 80.9 cm³/mol. The van der Waals surface area contributed by atoms with Gasteiger partial charge in [-0.05, 0) is 60.8 Å². The smallest absolute Gasteiger partial charge is 0.127 e. The van der Waals surface area contributed by atoms with Crippen LogP contribution < -0.4 is 10.1 Å². The first-order chi connectivity index (χ1) is 9.31. The molecule has 0 spiro atoms. The summed E-state index contributed by atoms with van der Waals surface area (Å²) in [4.78, 5) is 0. The summed E-state index contributed by atoms with van der Waals surface area (Å²) in [6.45, 7) is 2.22. The van der Waals surface area contributed by atoms with E-state index in [4.69, 9.17) is 4.74 Å². The molecule has 1 unspecified atom stereocenters. The van der Waals surface area contributed by atoms with Gasteiger partial charge in [-0.3, -0.25) is 0 Å². The fourth-order valence-electron chi connectivity index (χ4n) is 2.39. The normalized spacial score (nSPS) is 18.5. The van der Waals surface area contributed by atoms with Crippen LogP contribution in [0.4, 0.5) is 0 Å². The summed E-state index contributed by atoms with van der Waals surface area (Å²) in [5.74, 6) is 2.40. The van der Waals surface area contributed by atoms with E-state index >= 15 is 0 Å². The third kappa shape index (κ3) is 3.17. The first-order valence-corrected chi connectivity index (χ1v) is 7.35. The highest BCUT2D eigenvalue weighted by Crippen LogP contribution is 2.27. The lowest BCUT2D eigenvalue weighted by Gasteiger charge is -2.10. The molecule has 2 aromatic carbocycles. The molecule has 3 heteroatoms. The van der Waals surface area contributed by atoms with Crippen molar-refractivity contribution in [1.29, 1.82) is 0 Å². The molecular weight excluding hydrogens is 302 g/mol. The number of rotatable bonds is 3. The van der Waals surface area contributed by atoms with E-state index in [2.05, 4.69) is 45.5 Å². The van der Waals surface area contributed by atoms with E-state index in [0.29, 0.717) is 5.92 Å². The summed E-state index contributed by atoms with van der Waals surface area (Å²) in [5, 5.41) is 3.39. The highest BCUT2D eigenvalue weighted by Gasteiger charge is 2.16. The van der Waals surface area contributed by atoms with Crippen molar-refractivity contribution in [3.8, 4) is 11.5 Å². The Morgan fingerprint density at radius 1 is 0.947 bits per heavy atom. The molecule has 2 aromatic rings. The Kier molecular flexibility index (Phi) is 3.85. The van der Waals surface area contributed by atoms with E-state index in [0.717, 1.165) is 29.1 Å². The van der Waals surface area contributed by atoms with E-state index in [1.54, 1.807) is 0 Å². The number of halogens is 1. The van der Waals surface area contributed by atoms with Gasteiger partial charge in [0.1, 0.15) is 11.5 Å². The van der Waals surface area contributed by atoms with Crippen molar-refractivity contribution in [2.75, 3.05) is 13.1 Å². The molecule has 1 heterocycles. The van der Waals surface area contributed by atoms with Crippen molar-refractivity contribution in [1.82, 2.24) is 5.32 Å². The van der Waals surface area contributed by atoms with Crippen LogP contribution >= 0.6 is 15.9 Å². The summed E-state index contributed by atoms with van der Waals surface area (Å²) in [6, 6.07) is 16.3. The van der Waals surface area contributed by atoms with Gasteiger partial charge in [0.25, 0.3) is 0 Å². The fraction of sp³-hybridized carbons (Fsp3) is 0.250. The maximum absolute atomic E-state index is 5.81. The summed E-state index contributed by atoms with van der Waals surface area (Å²) in [7, 11) is 0. The van der Waals surface area contributed by atoms with Crippen LogP contribution in [-0.4, -0.2) is 13.1 Å². The Hall–Kier alpha value is -1.32. The van der Waals surface area contributed by atoms with Crippen LogP contribution in [0.25, 0.3) is 0 Å². The van der Waals surface area contributed by atoms with Gasteiger partial charge >= 0.3 is 0 Å². The van der Waals surface area contributed by atoms with Gasteiger partial charge in [0.05, 0.1) is 0 Å². The Bertz CT molecular complexity index is 530. The van der Waals surface area contributed by atoms with Crippen LogP contribution in [0.2, 0.25) is 0 Å². The second-order valence-electron chi connectivity index (χ2n) is 4.81. The van der Waals surface area contributed by atoms with Gasteiger partial charge in [-0.15, -0.1) is 0 Å². The van der Waals surface area contributed by atoms with Gasteiger partial charge in [0, 0.05) is 11.0 Å². The monoisotopic (exact) mass is 317 g/mol. The second-order valence-corrected chi connectivity index (χ2v) is 5.73. The molecule has 1 aliphatic heterocycles. The Labute approximate surface area is 121 Å². The Morgan fingerprint density at radius 2 is 1.58 bits per heavy atom. The number of ether oxygens (including phenoxy) is 1. The average Bonchev–Trinajstić information content (AvgIpc) is 2.96. The first-order valence-electron chi connectivity index (χ1n) is 6.55. The maximum Gasteiger partial charge on any atom is 0.127 e. The van der Waals surface area contributed by atoms with Crippen molar-refractivity contribution in [3.63, 3.8) is 0 Å². The lowest BCUT2D eigenvalue weighted by Crippen LogP contribution is -2.07. The lowest BCUT2D eigenvalue weighted by atomic mass is 9.98. The number of benzene rings is 2. The van der Waals surface area contributed by atoms with Gasteiger partial charge in [0.2, 0.25) is 0 Å². The van der Waals surface area contributed by atoms with E-state index in [9.17, 15) is 0 Å². The second kappa shape index (κ2) is 5.76. The van der Waals surface area contributed by atoms with Crippen LogP contribution in [0.15, 0.2) is 53.0 Å². The van der Waals surface area contributed by atoms with Crippen molar-refractivity contribution < 1.29 is 4.74 Å². The first kappa shape index (κ1) is 12.7. The standard InChI is InChI=1S/C16H16BrNO/c17-14-3-7-16(8-4-14)19-15-5-1-12(2-6-15)13-9-10-18-11-13/h1-8,13,18H,9-11H2. The van der Waals surface area contributed by atoms with Crippen molar-refractivity contribution in [3.05, 3.63) is 58.6 Å². The molecule has 1 fully saturated rings. The summed E-state index contributed by atoms with van der Waals surface area (Å²) < 4.78 is 6.87. The lowest BCUT2D eigenvalue weighted by molar-refractivity contribution is 0.482. The Morgan fingerprint density at radius 3 is 2.16 bits per heavy atom. The minimum Gasteiger partial charge on any atom is -0.457 e. The van der Waals surface area contributed by atoms with Gasteiger partial charge in [-0.2, -0.15) is 0 Å². The molecule has 98 valence electrons. The third-order valence-electron chi connectivity index (χ3n) is 3.46. The highest BCUT2D eigenvalue weighted by atomic mass is 79.9. The summed E-state index contributed by atoms with van der Waals surface area (Å²) in [6.07, 6.45) is 1.23. The summed E-state index contributed by atoms with van der Waals surface area (Å²) in [5.41, 5.74) is 1.40. The van der Waals surface area contributed by atoms with Crippen molar-refractivity contribution in [2.24, 2.45) is 0 Å². The molecule has 1 aliphatic rings. The molecule has 0 aliphatic carbocycles. The molecule has 0 amide bonds. The maximum atomic E-state index is 5.81. The minimum atomic E-state index is 0.654. The van der Waals surface area contributed by atoms with Gasteiger partial charge in [-0.1, -0.05) is 28.1 Å². The van der Waals surface area contributed by atoms with Crippen LogP contribution in [-0.2, 0) is 0 Å². The molecule has 0 radical (unpaired) electrons. The average molecular weight is 318 g/mol. The van der Waals surface area contributed by atoms with Crippen LogP contribution in [0.5, 0.6) is 11.5 Å². The van der Waals surface area contributed by atoms with E-state index in [1.807, 2.05) is 24.3 Å². The molecule has 0 saturated carbocycles. The van der Waals surface area contributed by atoms with Gasteiger partial charge in [-0.25, -0.2) is 0 Å². The number of hydrogen-bond acceptors (Lipinski definition) is 2. The molecule has 1 atom stereocenters. The van der Waals surface area contributed by atoms with Gasteiger partial charge in [0.15, 0.2) is 0 Å². The molecule has 1 saturated heterocycles. The van der Waals surface area contributed by atoms with Crippen LogP contribution in [0, 0.1) is 0 Å². The molecular formula is C16H16BrNO. The zero-order chi connectivity index (χ0) is 13.1. The van der Waals surface area contributed by atoms with Crippen LogP contribution in [0.1, 0.15) is 17.9 Å². The molecule has 0 aromatic heterocycles. The van der Waals surface area contributed by atoms with E-state index in [1.165, 1.54) is 12.0 Å². The van der Waals surface area contributed by atoms with Crippen molar-refractivity contribution >= 4 is 15.9 Å². The van der Waals surface area contributed by atoms with Gasteiger partial charge < -0.3 is 10.1 Å². The summed E-state index contributed by atoms with van der Waals surface area (Å²) >= 11 is 3.42. The van der Waals surface area contributed by atoms with Crippen LogP contribution in [0.3, 0.4) is 0 Å². The predicted octanol–water partition coefficient (Wildman–Crippen LogP) is 4.32. The largest absolute Gasteiger partial charge is 0.457 e.